The molecule has 4 aromatic rings. The molecule has 0 aliphatic carbocycles. The molecular weight excluding hydrogens is 466 g/mol. The summed E-state index contributed by atoms with van der Waals surface area (Å²) in [6.07, 6.45) is 1.99. The van der Waals surface area contributed by atoms with Gasteiger partial charge in [-0.2, -0.15) is 0 Å². The number of methoxy groups -OCH3 is 2. The van der Waals surface area contributed by atoms with Crippen LogP contribution in [0, 0.1) is 0 Å². The smallest absolute Gasteiger partial charge is 0.248 e. The van der Waals surface area contributed by atoms with Gasteiger partial charge in [-0.1, -0.05) is 12.1 Å². The van der Waals surface area contributed by atoms with E-state index in [1.54, 1.807) is 26.4 Å². The van der Waals surface area contributed by atoms with Gasteiger partial charge in [-0.25, -0.2) is 0 Å². The highest BCUT2D eigenvalue weighted by molar-refractivity contribution is 6.00. The molecule has 37 heavy (non-hydrogen) atoms. The first-order chi connectivity index (χ1) is 18.0. The topological polar surface area (TPSA) is 103 Å². The van der Waals surface area contributed by atoms with E-state index in [0.717, 1.165) is 71.8 Å². The van der Waals surface area contributed by atoms with Crippen molar-refractivity contribution >= 4 is 22.5 Å². The first-order valence-electron chi connectivity index (χ1n) is 12.4. The van der Waals surface area contributed by atoms with E-state index >= 15 is 0 Å². The number of fused-ring (bicyclic) bond motifs is 1. The minimum absolute atomic E-state index is 0.295. The maximum absolute atomic E-state index is 11.3. The van der Waals surface area contributed by atoms with Gasteiger partial charge in [0.25, 0.3) is 0 Å². The molecule has 1 fully saturated rings. The van der Waals surface area contributed by atoms with E-state index in [2.05, 4.69) is 20.4 Å². The van der Waals surface area contributed by atoms with Crippen molar-refractivity contribution in [2.45, 2.75) is 25.4 Å². The summed E-state index contributed by atoms with van der Waals surface area (Å²) in [7, 11) is 3.33. The molecule has 0 radical (unpaired) electrons. The molecule has 0 spiro atoms. The molecule has 5 rings (SSSR count). The summed E-state index contributed by atoms with van der Waals surface area (Å²) in [5.41, 5.74) is 8.86. The standard InChI is InChI=1S/C29H31N5O3/c1-36-23-9-7-20(8-10-23)27-25-12-11-24(37-2)17-26(25)29(33-32-27)31-22-13-15-34(16-14-22)18-19-3-5-21(6-4-19)28(30)35/h3-12,17,22H,13-16,18H2,1-2H3,(H2,30,35)(H,31,33). The van der Waals surface area contributed by atoms with Crippen LogP contribution in [0.25, 0.3) is 22.0 Å². The summed E-state index contributed by atoms with van der Waals surface area (Å²) in [5.74, 6) is 1.95. The molecule has 2 heterocycles. The van der Waals surface area contributed by atoms with E-state index in [0.29, 0.717) is 11.6 Å². The summed E-state index contributed by atoms with van der Waals surface area (Å²) in [5, 5.41) is 14.9. The van der Waals surface area contributed by atoms with Gasteiger partial charge in [0.1, 0.15) is 17.2 Å². The molecule has 1 saturated heterocycles. The average Bonchev–Trinajstić information content (AvgIpc) is 2.94. The SMILES string of the molecule is COc1ccc(-c2nnc(NC3CCN(Cc4ccc(C(N)=O)cc4)CC3)c3cc(OC)ccc23)cc1. The molecule has 0 unspecified atom stereocenters. The number of anilines is 1. The molecule has 3 N–H and O–H groups in total. The Balaban J connectivity index is 1.30. The van der Waals surface area contributed by atoms with Crippen LogP contribution in [0.4, 0.5) is 5.82 Å². The average molecular weight is 498 g/mol. The number of benzene rings is 3. The van der Waals surface area contributed by atoms with Gasteiger partial charge in [0, 0.05) is 47.6 Å². The molecule has 0 bridgehead atoms. The number of hydrogen-bond donors (Lipinski definition) is 2. The van der Waals surface area contributed by atoms with Crippen LogP contribution in [0.1, 0.15) is 28.8 Å². The van der Waals surface area contributed by atoms with Crippen molar-refractivity contribution in [3.63, 3.8) is 0 Å². The number of aromatic nitrogens is 2. The zero-order valence-corrected chi connectivity index (χ0v) is 21.1. The number of nitrogens with zero attached hydrogens (tertiary/aromatic N) is 3. The number of rotatable bonds is 8. The van der Waals surface area contributed by atoms with Gasteiger partial charge in [0.05, 0.1) is 14.2 Å². The number of carbonyl (C=O) groups excluding carboxylic acids is 1. The maximum atomic E-state index is 11.3. The second-order valence-corrected chi connectivity index (χ2v) is 9.29. The third-order valence-electron chi connectivity index (χ3n) is 6.92. The number of nitrogens with one attached hydrogen (secondary N) is 1. The highest BCUT2D eigenvalue weighted by atomic mass is 16.5. The van der Waals surface area contributed by atoms with Crippen molar-refractivity contribution in [1.82, 2.24) is 15.1 Å². The molecule has 190 valence electrons. The highest BCUT2D eigenvalue weighted by Crippen LogP contribution is 2.34. The predicted molar refractivity (Wildman–Crippen MR) is 145 cm³/mol. The Morgan fingerprint density at radius 2 is 1.59 bits per heavy atom. The predicted octanol–water partition coefficient (Wildman–Crippen LogP) is 4.49. The van der Waals surface area contributed by atoms with E-state index < -0.39 is 5.91 Å². The third-order valence-corrected chi connectivity index (χ3v) is 6.92. The molecular formula is C29H31N5O3. The van der Waals surface area contributed by atoms with Crippen LogP contribution in [0.15, 0.2) is 66.7 Å². The van der Waals surface area contributed by atoms with Gasteiger partial charge < -0.3 is 20.5 Å². The van der Waals surface area contributed by atoms with Crippen molar-refractivity contribution < 1.29 is 14.3 Å². The van der Waals surface area contributed by atoms with Crippen molar-refractivity contribution in [3.8, 4) is 22.8 Å². The molecule has 3 aromatic carbocycles. The van der Waals surface area contributed by atoms with Crippen LogP contribution < -0.4 is 20.5 Å². The lowest BCUT2D eigenvalue weighted by molar-refractivity contribution is 0.1000. The fourth-order valence-electron chi connectivity index (χ4n) is 4.79. The molecule has 1 aliphatic heterocycles. The van der Waals surface area contributed by atoms with Crippen LogP contribution in [-0.2, 0) is 6.54 Å². The van der Waals surface area contributed by atoms with E-state index in [9.17, 15) is 4.79 Å². The van der Waals surface area contributed by atoms with Crippen molar-refractivity contribution in [2.24, 2.45) is 5.73 Å². The van der Waals surface area contributed by atoms with Crippen molar-refractivity contribution in [2.75, 3.05) is 32.6 Å². The minimum atomic E-state index is -0.399. The highest BCUT2D eigenvalue weighted by Gasteiger charge is 2.21. The fraction of sp³-hybridized carbons (Fsp3) is 0.276. The molecule has 0 atom stereocenters. The first-order valence-corrected chi connectivity index (χ1v) is 12.4. The summed E-state index contributed by atoms with van der Waals surface area (Å²) < 4.78 is 10.8. The van der Waals surface area contributed by atoms with Gasteiger partial charge in [0.2, 0.25) is 5.91 Å². The van der Waals surface area contributed by atoms with E-state index in [1.807, 2.05) is 54.6 Å². The third kappa shape index (κ3) is 5.49. The minimum Gasteiger partial charge on any atom is -0.497 e. The lowest BCUT2D eigenvalue weighted by atomic mass is 10.0. The molecule has 1 amide bonds. The quantitative estimate of drug-likeness (QED) is 0.370. The number of piperidine rings is 1. The Morgan fingerprint density at radius 1 is 0.919 bits per heavy atom. The van der Waals surface area contributed by atoms with Crippen LogP contribution in [-0.4, -0.2) is 54.4 Å². The molecule has 8 nitrogen and oxygen atoms in total. The summed E-state index contributed by atoms with van der Waals surface area (Å²) in [6.45, 7) is 2.78. The zero-order chi connectivity index (χ0) is 25.8. The van der Waals surface area contributed by atoms with E-state index in [1.165, 1.54) is 5.56 Å². The fourth-order valence-corrected chi connectivity index (χ4v) is 4.79. The summed E-state index contributed by atoms with van der Waals surface area (Å²) in [6, 6.07) is 21.7. The molecule has 8 heteroatoms. The number of amides is 1. The second kappa shape index (κ2) is 10.8. The first kappa shape index (κ1) is 24.5. The Hall–Kier alpha value is -4.17. The van der Waals surface area contributed by atoms with Gasteiger partial charge in [-0.3, -0.25) is 9.69 Å². The zero-order valence-electron chi connectivity index (χ0n) is 21.1. The monoisotopic (exact) mass is 497 g/mol. The molecule has 1 aliphatic rings. The van der Waals surface area contributed by atoms with Gasteiger partial charge in [0.15, 0.2) is 5.82 Å². The molecule has 1 aromatic heterocycles. The van der Waals surface area contributed by atoms with Gasteiger partial charge in [-0.05, 0) is 73.0 Å². The summed E-state index contributed by atoms with van der Waals surface area (Å²) >= 11 is 0. The van der Waals surface area contributed by atoms with Crippen LogP contribution in [0.5, 0.6) is 11.5 Å². The number of hydrogen-bond acceptors (Lipinski definition) is 7. The van der Waals surface area contributed by atoms with Crippen LogP contribution in [0.3, 0.4) is 0 Å². The molecule has 0 saturated carbocycles. The number of likely N-dealkylation sites (tertiary alicyclic amines) is 1. The number of carbonyl (C=O) groups is 1. The van der Waals surface area contributed by atoms with Crippen molar-refractivity contribution in [3.05, 3.63) is 77.9 Å². The number of nitrogens with two attached hydrogens (primary N) is 1. The number of primary amides is 1. The van der Waals surface area contributed by atoms with Crippen LogP contribution in [0.2, 0.25) is 0 Å². The van der Waals surface area contributed by atoms with Gasteiger partial charge >= 0.3 is 0 Å². The van der Waals surface area contributed by atoms with E-state index in [4.69, 9.17) is 15.2 Å². The Bertz CT molecular complexity index is 1380. The van der Waals surface area contributed by atoms with Crippen LogP contribution >= 0.6 is 0 Å². The largest absolute Gasteiger partial charge is 0.497 e. The lowest BCUT2D eigenvalue weighted by Crippen LogP contribution is -2.38. The summed E-state index contributed by atoms with van der Waals surface area (Å²) in [4.78, 5) is 13.7. The lowest BCUT2D eigenvalue weighted by Gasteiger charge is -2.32. The normalized spacial score (nSPS) is 14.4. The second-order valence-electron chi connectivity index (χ2n) is 9.29. The van der Waals surface area contributed by atoms with Gasteiger partial charge in [-0.15, -0.1) is 10.2 Å². The van der Waals surface area contributed by atoms with Crippen molar-refractivity contribution in [1.29, 1.82) is 0 Å². The maximum Gasteiger partial charge on any atom is 0.248 e. The Kier molecular flexibility index (Phi) is 7.18. The van der Waals surface area contributed by atoms with E-state index in [-0.39, 0.29) is 0 Å². The Morgan fingerprint density at radius 3 is 2.24 bits per heavy atom. The number of ether oxygens (including phenoxy) is 2. The Labute approximate surface area is 216 Å².